The first-order valence-corrected chi connectivity index (χ1v) is 5.11. The highest BCUT2D eigenvalue weighted by atomic mass is 32.1. The summed E-state index contributed by atoms with van der Waals surface area (Å²) in [5.74, 6) is 0.488. The van der Waals surface area contributed by atoms with E-state index in [2.05, 4.69) is 17.5 Å². The maximum absolute atomic E-state index is 11.4. The van der Waals surface area contributed by atoms with Gasteiger partial charge >= 0.3 is 0 Å². The molecular weight excluding hydrogens is 220 g/mol. The van der Waals surface area contributed by atoms with Crippen molar-refractivity contribution in [1.29, 1.82) is 0 Å². The van der Waals surface area contributed by atoms with Crippen molar-refractivity contribution in [2.45, 2.75) is 0 Å². The van der Waals surface area contributed by atoms with Crippen LogP contribution < -0.4 is 15.8 Å². The standard InChI is InChI=1S/C8H10N2O2S2/c1-12-5-2-6(14-4-5)8(11)10-3-7(9)13/h2,4H,3H2,1H3,(H2,9,13)(H,10,11). The van der Waals surface area contributed by atoms with E-state index >= 15 is 0 Å². The third-order valence-electron chi connectivity index (χ3n) is 1.46. The first kappa shape index (κ1) is 10.9. The predicted molar refractivity (Wildman–Crippen MR) is 60.0 cm³/mol. The second kappa shape index (κ2) is 4.92. The van der Waals surface area contributed by atoms with E-state index in [-0.39, 0.29) is 17.4 Å². The van der Waals surface area contributed by atoms with Crippen LogP contribution in [0, 0.1) is 0 Å². The van der Waals surface area contributed by atoms with Gasteiger partial charge in [-0.3, -0.25) is 4.79 Å². The number of amides is 1. The van der Waals surface area contributed by atoms with Crippen LogP contribution >= 0.6 is 23.6 Å². The van der Waals surface area contributed by atoms with Gasteiger partial charge in [-0.2, -0.15) is 0 Å². The molecular formula is C8H10N2O2S2. The van der Waals surface area contributed by atoms with Gasteiger partial charge < -0.3 is 15.8 Å². The van der Waals surface area contributed by atoms with E-state index in [0.717, 1.165) is 0 Å². The molecule has 4 nitrogen and oxygen atoms in total. The van der Waals surface area contributed by atoms with Gasteiger partial charge in [-0.1, -0.05) is 12.2 Å². The third kappa shape index (κ3) is 2.97. The van der Waals surface area contributed by atoms with Gasteiger partial charge in [-0.25, -0.2) is 0 Å². The van der Waals surface area contributed by atoms with Crippen LogP contribution in [0.15, 0.2) is 11.4 Å². The molecule has 6 heteroatoms. The van der Waals surface area contributed by atoms with Gasteiger partial charge in [0.1, 0.15) is 5.75 Å². The number of ether oxygens (including phenoxy) is 1. The van der Waals surface area contributed by atoms with Crippen molar-refractivity contribution >= 4 is 34.5 Å². The topological polar surface area (TPSA) is 64.3 Å². The van der Waals surface area contributed by atoms with Gasteiger partial charge in [0.2, 0.25) is 0 Å². The molecule has 1 rings (SSSR count). The molecule has 0 aliphatic rings. The Bertz CT molecular complexity index is 349. The summed E-state index contributed by atoms with van der Waals surface area (Å²) in [5, 5.41) is 4.35. The molecule has 14 heavy (non-hydrogen) atoms. The van der Waals surface area contributed by atoms with E-state index in [9.17, 15) is 4.79 Å². The van der Waals surface area contributed by atoms with Crippen LogP contribution in [0.1, 0.15) is 9.67 Å². The first-order chi connectivity index (χ1) is 6.63. The van der Waals surface area contributed by atoms with Gasteiger partial charge in [0.25, 0.3) is 5.91 Å². The van der Waals surface area contributed by atoms with Gasteiger partial charge in [0.05, 0.1) is 23.5 Å². The van der Waals surface area contributed by atoms with Crippen molar-refractivity contribution in [2.24, 2.45) is 5.73 Å². The lowest BCUT2D eigenvalue weighted by atomic mass is 10.4. The third-order valence-corrected chi connectivity index (χ3v) is 2.51. The number of rotatable bonds is 4. The Balaban J connectivity index is 2.56. The number of thiophene rings is 1. The van der Waals surface area contributed by atoms with E-state index in [0.29, 0.717) is 10.6 Å². The number of carbonyl (C=O) groups excluding carboxylic acids is 1. The van der Waals surface area contributed by atoms with Gasteiger partial charge in [-0.15, -0.1) is 11.3 Å². The largest absolute Gasteiger partial charge is 0.496 e. The zero-order valence-electron chi connectivity index (χ0n) is 7.57. The zero-order chi connectivity index (χ0) is 10.6. The quantitative estimate of drug-likeness (QED) is 0.750. The van der Waals surface area contributed by atoms with Crippen LogP contribution in [0.2, 0.25) is 0 Å². The van der Waals surface area contributed by atoms with E-state index in [1.807, 2.05) is 0 Å². The summed E-state index contributed by atoms with van der Waals surface area (Å²) in [6, 6.07) is 1.67. The van der Waals surface area contributed by atoms with E-state index in [1.54, 1.807) is 18.6 Å². The molecule has 0 aromatic carbocycles. The van der Waals surface area contributed by atoms with Crippen molar-refractivity contribution in [1.82, 2.24) is 5.32 Å². The Labute approximate surface area is 91.1 Å². The van der Waals surface area contributed by atoms with Gasteiger partial charge in [-0.05, 0) is 0 Å². The summed E-state index contributed by atoms with van der Waals surface area (Å²) in [5.41, 5.74) is 5.25. The SMILES string of the molecule is COc1csc(C(=O)NCC(N)=S)c1. The molecule has 0 fully saturated rings. The number of thiocarbonyl (C=S) groups is 1. The molecule has 0 atom stereocenters. The predicted octanol–water partition coefficient (Wildman–Crippen LogP) is 0.773. The summed E-state index contributed by atoms with van der Waals surface area (Å²) in [7, 11) is 1.55. The minimum atomic E-state index is -0.189. The Morgan fingerprint density at radius 2 is 2.50 bits per heavy atom. The maximum Gasteiger partial charge on any atom is 0.261 e. The van der Waals surface area contributed by atoms with Crippen molar-refractivity contribution in [3.05, 3.63) is 16.3 Å². The maximum atomic E-state index is 11.4. The lowest BCUT2D eigenvalue weighted by molar-refractivity contribution is 0.0963. The average molecular weight is 230 g/mol. The molecule has 1 aromatic heterocycles. The van der Waals surface area contributed by atoms with Crippen molar-refractivity contribution < 1.29 is 9.53 Å². The zero-order valence-corrected chi connectivity index (χ0v) is 9.21. The molecule has 0 saturated heterocycles. The fourth-order valence-electron chi connectivity index (χ4n) is 0.799. The Hall–Kier alpha value is -1.14. The summed E-state index contributed by atoms with van der Waals surface area (Å²) in [6.07, 6.45) is 0. The van der Waals surface area contributed by atoms with Crippen LogP contribution in [0.3, 0.4) is 0 Å². The summed E-state index contributed by atoms with van der Waals surface area (Å²) < 4.78 is 4.95. The van der Waals surface area contributed by atoms with E-state index < -0.39 is 0 Å². The summed E-state index contributed by atoms with van der Waals surface area (Å²) >= 11 is 5.95. The monoisotopic (exact) mass is 230 g/mol. The molecule has 0 aliphatic carbocycles. The average Bonchev–Trinajstić information content (AvgIpc) is 2.62. The van der Waals surface area contributed by atoms with Crippen molar-refractivity contribution in [3.8, 4) is 5.75 Å². The smallest absolute Gasteiger partial charge is 0.261 e. The molecule has 0 unspecified atom stereocenters. The molecule has 0 spiro atoms. The Kier molecular flexibility index (Phi) is 3.84. The first-order valence-electron chi connectivity index (χ1n) is 3.82. The van der Waals surface area contributed by atoms with Crippen molar-refractivity contribution in [3.63, 3.8) is 0 Å². The second-order valence-corrected chi connectivity index (χ2v) is 3.94. The fraction of sp³-hybridized carbons (Fsp3) is 0.250. The highest BCUT2D eigenvalue weighted by molar-refractivity contribution is 7.80. The van der Waals surface area contributed by atoms with Gasteiger partial charge in [0, 0.05) is 11.4 Å². The minimum Gasteiger partial charge on any atom is -0.496 e. The molecule has 0 radical (unpaired) electrons. The normalized spacial score (nSPS) is 9.50. The summed E-state index contributed by atoms with van der Waals surface area (Å²) in [4.78, 5) is 12.3. The highest BCUT2D eigenvalue weighted by Gasteiger charge is 2.08. The van der Waals surface area contributed by atoms with Crippen LogP contribution in [-0.2, 0) is 0 Å². The lowest BCUT2D eigenvalue weighted by Crippen LogP contribution is -2.31. The van der Waals surface area contributed by atoms with E-state index in [1.165, 1.54) is 11.3 Å². The van der Waals surface area contributed by atoms with Crippen LogP contribution in [0.25, 0.3) is 0 Å². The molecule has 1 amide bonds. The number of hydrogen-bond donors (Lipinski definition) is 2. The van der Waals surface area contributed by atoms with Crippen LogP contribution in [0.4, 0.5) is 0 Å². The molecule has 1 aromatic rings. The Morgan fingerprint density at radius 1 is 1.79 bits per heavy atom. The lowest BCUT2D eigenvalue weighted by Gasteiger charge is -2.00. The number of methoxy groups -OCH3 is 1. The van der Waals surface area contributed by atoms with Crippen LogP contribution in [0.5, 0.6) is 5.75 Å². The molecule has 0 saturated carbocycles. The Morgan fingerprint density at radius 3 is 3.00 bits per heavy atom. The molecule has 0 bridgehead atoms. The fourth-order valence-corrected chi connectivity index (χ4v) is 1.64. The summed E-state index contributed by atoms with van der Waals surface area (Å²) in [6.45, 7) is 0.217. The molecule has 1 heterocycles. The number of nitrogens with one attached hydrogen (secondary N) is 1. The number of nitrogens with two attached hydrogens (primary N) is 1. The van der Waals surface area contributed by atoms with E-state index in [4.69, 9.17) is 10.5 Å². The molecule has 0 aliphatic heterocycles. The highest BCUT2D eigenvalue weighted by Crippen LogP contribution is 2.20. The molecule has 3 N–H and O–H groups in total. The van der Waals surface area contributed by atoms with Gasteiger partial charge in [0.15, 0.2) is 0 Å². The number of hydrogen-bond acceptors (Lipinski definition) is 4. The minimum absolute atomic E-state index is 0.189. The van der Waals surface area contributed by atoms with Crippen molar-refractivity contribution in [2.75, 3.05) is 13.7 Å². The second-order valence-electron chi connectivity index (χ2n) is 2.50. The van der Waals surface area contributed by atoms with Crippen LogP contribution in [-0.4, -0.2) is 24.6 Å². The molecule has 76 valence electrons. The number of carbonyl (C=O) groups is 1.